The molecule has 1 aromatic rings. The summed E-state index contributed by atoms with van der Waals surface area (Å²) in [5.74, 6) is -0.195. The summed E-state index contributed by atoms with van der Waals surface area (Å²) in [5.41, 5.74) is 0.674. The van der Waals surface area contributed by atoms with Gasteiger partial charge in [0, 0.05) is 31.7 Å². The first-order valence-electron chi connectivity index (χ1n) is 6.96. The summed E-state index contributed by atoms with van der Waals surface area (Å²) >= 11 is 0. The van der Waals surface area contributed by atoms with Gasteiger partial charge in [0.1, 0.15) is 5.82 Å². The minimum absolute atomic E-state index is 0.0280. The van der Waals surface area contributed by atoms with Crippen LogP contribution >= 0.6 is 0 Å². The van der Waals surface area contributed by atoms with Crippen molar-refractivity contribution < 1.29 is 17.5 Å². The number of hydrogen-bond acceptors (Lipinski definition) is 4. The fourth-order valence-electron chi connectivity index (χ4n) is 2.37. The van der Waals surface area contributed by atoms with Gasteiger partial charge in [-0.1, -0.05) is 18.2 Å². The van der Waals surface area contributed by atoms with Gasteiger partial charge in [0.15, 0.2) is 0 Å². The molecule has 1 aromatic carbocycles. The molecule has 0 aromatic heterocycles. The van der Waals surface area contributed by atoms with Crippen LogP contribution < -0.4 is 4.72 Å². The Morgan fingerprint density at radius 1 is 1.43 bits per heavy atom. The minimum Gasteiger partial charge on any atom is -0.376 e. The predicted octanol–water partition coefficient (Wildman–Crippen LogP) is 0.966. The molecule has 1 heterocycles. The van der Waals surface area contributed by atoms with Crippen LogP contribution in [0.15, 0.2) is 24.3 Å². The molecule has 1 saturated heterocycles. The zero-order valence-electron chi connectivity index (χ0n) is 12.1. The van der Waals surface area contributed by atoms with Crippen LogP contribution in [-0.4, -0.2) is 51.9 Å². The van der Waals surface area contributed by atoms with Crippen LogP contribution in [-0.2, 0) is 21.3 Å². The summed E-state index contributed by atoms with van der Waals surface area (Å²) < 4.78 is 43.7. The molecule has 2 rings (SSSR count). The van der Waals surface area contributed by atoms with Gasteiger partial charge in [-0.2, -0.15) is 0 Å². The van der Waals surface area contributed by atoms with E-state index in [-0.39, 0.29) is 11.9 Å². The lowest BCUT2D eigenvalue weighted by Gasteiger charge is -2.33. The summed E-state index contributed by atoms with van der Waals surface area (Å²) in [6.07, 6.45) is 1.72. The van der Waals surface area contributed by atoms with Crippen molar-refractivity contribution in [3.05, 3.63) is 35.6 Å². The third-order valence-electron chi connectivity index (χ3n) is 3.41. The van der Waals surface area contributed by atoms with Crippen molar-refractivity contribution in [2.24, 2.45) is 0 Å². The molecule has 1 aliphatic heterocycles. The Bertz CT molecular complexity index is 565. The van der Waals surface area contributed by atoms with Gasteiger partial charge in [-0.05, 0) is 12.5 Å². The SMILES string of the molecule is CS(=O)(=O)NCC[C@H]1CN(Cc2ccccc2F)CCO1. The maximum absolute atomic E-state index is 13.6. The highest BCUT2D eigenvalue weighted by atomic mass is 32.2. The summed E-state index contributed by atoms with van der Waals surface area (Å²) in [7, 11) is -3.16. The van der Waals surface area contributed by atoms with Crippen LogP contribution in [0.25, 0.3) is 0 Å². The van der Waals surface area contributed by atoms with E-state index in [1.807, 2.05) is 6.07 Å². The molecule has 0 radical (unpaired) electrons. The van der Waals surface area contributed by atoms with Crippen molar-refractivity contribution in [2.75, 3.05) is 32.5 Å². The maximum Gasteiger partial charge on any atom is 0.208 e. The molecule has 1 atom stereocenters. The van der Waals surface area contributed by atoms with Crippen molar-refractivity contribution in [3.63, 3.8) is 0 Å². The van der Waals surface area contributed by atoms with Gasteiger partial charge < -0.3 is 4.74 Å². The lowest BCUT2D eigenvalue weighted by Crippen LogP contribution is -2.43. The van der Waals surface area contributed by atoms with E-state index in [2.05, 4.69) is 9.62 Å². The van der Waals surface area contributed by atoms with E-state index in [9.17, 15) is 12.8 Å². The predicted molar refractivity (Wildman–Crippen MR) is 78.9 cm³/mol. The number of halogens is 1. The number of sulfonamides is 1. The molecule has 1 fully saturated rings. The monoisotopic (exact) mass is 316 g/mol. The third-order valence-corrected chi connectivity index (χ3v) is 4.13. The van der Waals surface area contributed by atoms with E-state index >= 15 is 0 Å². The molecule has 0 amide bonds. The Labute approximate surface area is 125 Å². The molecule has 5 nitrogen and oxygen atoms in total. The van der Waals surface area contributed by atoms with Crippen molar-refractivity contribution in [1.29, 1.82) is 0 Å². The molecule has 0 saturated carbocycles. The Balaban J connectivity index is 1.82. The average Bonchev–Trinajstić information content (AvgIpc) is 2.40. The molecular weight excluding hydrogens is 295 g/mol. The van der Waals surface area contributed by atoms with E-state index in [1.165, 1.54) is 6.07 Å². The second-order valence-electron chi connectivity index (χ2n) is 5.27. The number of nitrogens with zero attached hydrogens (tertiary/aromatic N) is 1. The highest BCUT2D eigenvalue weighted by Gasteiger charge is 2.21. The Morgan fingerprint density at radius 2 is 2.19 bits per heavy atom. The van der Waals surface area contributed by atoms with Gasteiger partial charge in [0.25, 0.3) is 0 Å². The third kappa shape index (κ3) is 5.70. The van der Waals surface area contributed by atoms with E-state index in [1.54, 1.807) is 12.1 Å². The van der Waals surface area contributed by atoms with E-state index in [0.717, 1.165) is 12.8 Å². The van der Waals surface area contributed by atoms with Crippen LogP contribution in [0, 0.1) is 5.82 Å². The number of benzene rings is 1. The fraction of sp³-hybridized carbons (Fsp3) is 0.571. The fourth-order valence-corrected chi connectivity index (χ4v) is 2.86. The van der Waals surface area contributed by atoms with Crippen molar-refractivity contribution in [2.45, 2.75) is 19.1 Å². The van der Waals surface area contributed by atoms with Gasteiger partial charge in [-0.15, -0.1) is 0 Å². The Kier molecular flexibility index (Phi) is 5.69. The number of morpholine rings is 1. The topological polar surface area (TPSA) is 58.6 Å². The number of ether oxygens (including phenoxy) is 1. The van der Waals surface area contributed by atoms with Crippen molar-refractivity contribution >= 4 is 10.0 Å². The number of nitrogens with one attached hydrogen (secondary N) is 1. The first kappa shape index (κ1) is 16.4. The summed E-state index contributed by atoms with van der Waals surface area (Å²) in [4.78, 5) is 2.13. The normalized spacial score (nSPS) is 20.6. The van der Waals surface area contributed by atoms with Crippen LogP contribution in [0.3, 0.4) is 0 Å². The van der Waals surface area contributed by atoms with E-state index in [4.69, 9.17) is 4.74 Å². The highest BCUT2D eigenvalue weighted by molar-refractivity contribution is 7.88. The number of hydrogen-bond donors (Lipinski definition) is 1. The highest BCUT2D eigenvalue weighted by Crippen LogP contribution is 2.14. The molecule has 21 heavy (non-hydrogen) atoms. The molecular formula is C14H21FN2O3S. The first-order valence-corrected chi connectivity index (χ1v) is 8.85. The van der Waals surface area contributed by atoms with Gasteiger partial charge in [0.05, 0.1) is 19.0 Å². The standard InChI is InChI=1S/C14H21FN2O3S/c1-21(18,19)16-7-6-13-11-17(8-9-20-13)10-12-4-2-3-5-14(12)15/h2-5,13,16H,6-11H2,1H3/t13-/m0/s1. The van der Waals surface area contributed by atoms with Gasteiger partial charge in [-0.3, -0.25) is 4.90 Å². The molecule has 1 aliphatic rings. The molecule has 1 N–H and O–H groups in total. The quantitative estimate of drug-likeness (QED) is 0.849. The molecule has 0 aliphatic carbocycles. The van der Waals surface area contributed by atoms with Crippen LogP contribution in [0.4, 0.5) is 4.39 Å². The number of rotatable bonds is 6. The average molecular weight is 316 g/mol. The molecule has 0 bridgehead atoms. The maximum atomic E-state index is 13.6. The minimum atomic E-state index is -3.16. The van der Waals surface area contributed by atoms with Crippen molar-refractivity contribution in [1.82, 2.24) is 9.62 Å². The molecule has 0 unspecified atom stereocenters. The van der Waals surface area contributed by atoms with Crippen LogP contribution in [0.1, 0.15) is 12.0 Å². The summed E-state index contributed by atoms with van der Waals surface area (Å²) in [5, 5.41) is 0. The van der Waals surface area contributed by atoms with Gasteiger partial charge >= 0.3 is 0 Å². The first-order chi connectivity index (χ1) is 9.94. The Morgan fingerprint density at radius 3 is 2.90 bits per heavy atom. The summed E-state index contributed by atoms with van der Waals surface area (Å²) in [6.45, 7) is 2.92. The lowest BCUT2D eigenvalue weighted by molar-refractivity contribution is -0.0341. The smallest absolute Gasteiger partial charge is 0.208 e. The molecule has 7 heteroatoms. The van der Waals surface area contributed by atoms with E-state index < -0.39 is 10.0 Å². The van der Waals surface area contributed by atoms with Gasteiger partial charge in [-0.25, -0.2) is 17.5 Å². The second kappa shape index (κ2) is 7.31. The van der Waals surface area contributed by atoms with Gasteiger partial charge in [0.2, 0.25) is 10.0 Å². The van der Waals surface area contributed by atoms with Crippen LogP contribution in [0.2, 0.25) is 0 Å². The Hall–Kier alpha value is -1.02. The molecule has 118 valence electrons. The lowest BCUT2D eigenvalue weighted by atomic mass is 10.1. The second-order valence-corrected chi connectivity index (χ2v) is 7.11. The van der Waals surface area contributed by atoms with Crippen molar-refractivity contribution in [3.8, 4) is 0 Å². The zero-order chi connectivity index (χ0) is 15.3. The summed E-state index contributed by atoms with van der Waals surface area (Å²) in [6, 6.07) is 6.75. The zero-order valence-corrected chi connectivity index (χ0v) is 12.9. The van der Waals surface area contributed by atoms with E-state index in [0.29, 0.717) is 38.2 Å². The largest absolute Gasteiger partial charge is 0.376 e. The molecule has 0 spiro atoms. The van der Waals surface area contributed by atoms with Crippen LogP contribution in [0.5, 0.6) is 0 Å².